The lowest BCUT2D eigenvalue weighted by Crippen LogP contribution is -2.10. The van der Waals surface area contributed by atoms with Crippen molar-refractivity contribution in [2.75, 3.05) is 11.9 Å². The number of nitrogens with two attached hydrogens (primary N) is 1. The summed E-state index contributed by atoms with van der Waals surface area (Å²) >= 11 is 0. The van der Waals surface area contributed by atoms with Gasteiger partial charge in [-0.05, 0) is 25.5 Å². The summed E-state index contributed by atoms with van der Waals surface area (Å²) in [5, 5.41) is 3.51. The van der Waals surface area contributed by atoms with E-state index in [1.807, 2.05) is 13.0 Å². The topological polar surface area (TPSA) is 63.8 Å². The zero-order valence-corrected chi connectivity index (χ0v) is 11.7. The van der Waals surface area contributed by atoms with Gasteiger partial charge in [0.15, 0.2) is 0 Å². The second-order valence-corrected chi connectivity index (χ2v) is 5.33. The van der Waals surface area contributed by atoms with Crippen molar-refractivity contribution in [2.45, 2.75) is 31.7 Å². The highest BCUT2D eigenvalue weighted by atomic mass is 15.1. The van der Waals surface area contributed by atoms with Crippen molar-refractivity contribution >= 4 is 5.82 Å². The molecule has 0 saturated heterocycles. The Labute approximate surface area is 119 Å². The molecule has 0 bridgehead atoms. The summed E-state index contributed by atoms with van der Waals surface area (Å²) in [5.74, 6) is 2.32. The van der Waals surface area contributed by atoms with E-state index in [1.54, 1.807) is 0 Å². The van der Waals surface area contributed by atoms with Crippen LogP contribution < -0.4 is 11.1 Å². The van der Waals surface area contributed by atoms with Crippen LogP contribution >= 0.6 is 0 Å². The van der Waals surface area contributed by atoms with Crippen LogP contribution in [0.4, 0.5) is 5.82 Å². The van der Waals surface area contributed by atoms with Gasteiger partial charge in [-0.2, -0.15) is 0 Å². The molecule has 4 heteroatoms. The van der Waals surface area contributed by atoms with Gasteiger partial charge in [0, 0.05) is 30.1 Å². The summed E-state index contributed by atoms with van der Waals surface area (Å²) < 4.78 is 0. The maximum Gasteiger partial charge on any atom is 0.130 e. The van der Waals surface area contributed by atoms with Gasteiger partial charge >= 0.3 is 0 Å². The van der Waals surface area contributed by atoms with Gasteiger partial charge in [-0.15, -0.1) is 0 Å². The average Bonchev–Trinajstić information content (AvgIpc) is 3.19. The molecule has 0 amide bonds. The van der Waals surface area contributed by atoms with Crippen LogP contribution in [0.3, 0.4) is 0 Å². The van der Waals surface area contributed by atoms with Crippen LogP contribution in [0.5, 0.6) is 0 Å². The Morgan fingerprint density at radius 3 is 2.80 bits per heavy atom. The molecular weight excluding hydrogens is 248 g/mol. The summed E-state index contributed by atoms with van der Waals surface area (Å²) in [5.41, 5.74) is 8.01. The van der Waals surface area contributed by atoms with Gasteiger partial charge in [-0.1, -0.05) is 30.3 Å². The Bertz CT molecular complexity index is 582. The van der Waals surface area contributed by atoms with Crippen molar-refractivity contribution in [2.24, 2.45) is 5.73 Å². The van der Waals surface area contributed by atoms with E-state index in [4.69, 9.17) is 5.73 Å². The second kappa shape index (κ2) is 5.59. The molecule has 1 heterocycles. The Kier molecular flexibility index (Phi) is 3.65. The minimum absolute atomic E-state index is 0.484. The molecule has 0 aliphatic heterocycles. The lowest BCUT2D eigenvalue weighted by atomic mass is 10.1. The molecule has 1 fully saturated rings. The first-order chi connectivity index (χ1) is 9.76. The number of hydrogen-bond acceptors (Lipinski definition) is 4. The van der Waals surface area contributed by atoms with Crippen LogP contribution in [0.1, 0.15) is 29.4 Å². The molecule has 3 rings (SSSR count). The third kappa shape index (κ3) is 2.96. The fourth-order valence-electron chi connectivity index (χ4n) is 2.59. The van der Waals surface area contributed by atoms with Crippen molar-refractivity contribution in [3.8, 4) is 0 Å². The molecule has 4 nitrogen and oxygen atoms in total. The Balaban J connectivity index is 1.68. The molecule has 2 atom stereocenters. The zero-order chi connectivity index (χ0) is 13.9. The lowest BCUT2D eigenvalue weighted by molar-refractivity contribution is 0.884. The normalized spacial score (nSPS) is 20.7. The van der Waals surface area contributed by atoms with E-state index >= 15 is 0 Å². The highest BCUT2D eigenvalue weighted by molar-refractivity contribution is 5.42. The molecular formula is C16H20N4. The van der Waals surface area contributed by atoms with Crippen LogP contribution in [-0.2, 0) is 6.42 Å². The van der Waals surface area contributed by atoms with Gasteiger partial charge in [0.2, 0.25) is 0 Å². The van der Waals surface area contributed by atoms with E-state index in [-0.39, 0.29) is 0 Å². The van der Waals surface area contributed by atoms with Crippen molar-refractivity contribution in [3.63, 3.8) is 0 Å². The van der Waals surface area contributed by atoms with E-state index in [0.29, 0.717) is 18.5 Å². The SMILES string of the molecule is Cc1nc(CCN)cc(N[C@@H]2C[C@H]2c2ccccc2)n1. The van der Waals surface area contributed by atoms with Crippen molar-refractivity contribution in [1.29, 1.82) is 0 Å². The zero-order valence-electron chi connectivity index (χ0n) is 11.7. The van der Waals surface area contributed by atoms with Crippen molar-refractivity contribution < 1.29 is 0 Å². The first kappa shape index (κ1) is 13.1. The van der Waals surface area contributed by atoms with E-state index in [0.717, 1.165) is 23.8 Å². The minimum Gasteiger partial charge on any atom is -0.367 e. The van der Waals surface area contributed by atoms with Crippen molar-refractivity contribution in [1.82, 2.24) is 9.97 Å². The molecule has 1 aromatic heterocycles. The fraction of sp³-hybridized carbons (Fsp3) is 0.375. The molecule has 20 heavy (non-hydrogen) atoms. The molecule has 2 aromatic rings. The predicted octanol–water partition coefficient (Wildman–Crippen LogP) is 2.25. The van der Waals surface area contributed by atoms with E-state index in [2.05, 4.69) is 45.6 Å². The third-order valence-corrected chi connectivity index (χ3v) is 3.64. The van der Waals surface area contributed by atoms with Crippen LogP contribution in [0.2, 0.25) is 0 Å². The number of nitrogens with zero attached hydrogens (tertiary/aromatic N) is 2. The predicted molar refractivity (Wildman–Crippen MR) is 80.7 cm³/mol. The summed E-state index contributed by atoms with van der Waals surface area (Å²) in [7, 11) is 0. The van der Waals surface area contributed by atoms with Crippen molar-refractivity contribution in [3.05, 3.63) is 53.5 Å². The average molecular weight is 268 g/mol. The monoisotopic (exact) mass is 268 g/mol. The molecule has 1 saturated carbocycles. The molecule has 3 N–H and O–H groups in total. The summed E-state index contributed by atoms with van der Waals surface area (Å²) in [6.07, 6.45) is 1.96. The van der Waals surface area contributed by atoms with Crippen LogP contribution in [0.15, 0.2) is 36.4 Å². The van der Waals surface area contributed by atoms with Gasteiger partial charge in [0.05, 0.1) is 0 Å². The largest absolute Gasteiger partial charge is 0.367 e. The molecule has 1 aliphatic rings. The third-order valence-electron chi connectivity index (χ3n) is 3.64. The highest BCUT2D eigenvalue weighted by Crippen LogP contribution is 2.42. The van der Waals surface area contributed by atoms with Gasteiger partial charge in [0.1, 0.15) is 11.6 Å². The molecule has 104 valence electrons. The number of nitrogens with one attached hydrogen (secondary N) is 1. The molecule has 0 spiro atoms. The maximum absolute atomic E-state index is 5.59. The Morgan fingerprint density at radius 1 is 1.25 bits per heavy atom. The van der Waals surface area contributed by atoms with E-state index < -0.39 is 0 Å². The van der Waals surface area contributed by atoms with Crippen LogP contribution in [0.25, 0.3) is 0 Å². The number of hydrogen-bond donors (Lipinski definition) is 2. The number of rotatable bonds is 5. The highest BCUT2D eigenvalue weighted by Gasteiger charge is 2.38. The summed E-state index contributed by atoms with van der Waals surface area (Å²) in [6, 6.07) is 13.1. The fourth-order valence-corrected chi connectivity index (χ4v) is 2.59. The van der Waals surface area contributed by atoms with Crippen LogP contribution in [-0.4, -0.2) is 22.6 Å². The number of benzene rings is 1. The maximum atomic E-state index is 5.59. The quantitative estimate of drug-likeness (QED) is 0.873. The van der Waals surface area contributed by atoms with Gasteiger partial charge in [0.25, 0.3) is 0 Å². The number of anilines is 1. The number of aromatic nitrogens is 2. The second-order valence-electron chi connectivity index (χ2n) is 5.33. The van der Waals surface area contributed by atoms with Crippen LogP contribution in [0, 0.1) is 6.92 Å². The molecule has 0 radical (unpaired) electrons. The molecule has 1 aliphatic carbocycles. The minimum atomic E-state index is 0.484. The molecule has 1 aromatic carbocycles. The van der Waals surface area contributed by atoms with Gasteiger partial charge in [-0.25, -0.2) is 9.97 Å². The first-order valence-electron chi connectivity index (χ1n) is 7.12. The number of aryl methyl sites for hydroxylation is 1. The smallest absolute Gasteiger partial charge is 0.130 e. The van der Waals surface area contributed by atoms with E-state index in [9.17, 15) is 0 Å². The Morgan fingerprint density at radius 2 is 2.05 bits per heavy atom. The van der Waals surface area contributed by atoms with Gasteiger partial charge in [-0.3, -0.25) is 0 Å². The van der Waals surface area contributed by atoms with E-state index in [1.165, 1.54) is 12.0 Å². The standard InChI is InChI=1S/C16H20N4/c1-11-18-13(7-8-17)9-16(19-11)20-15-10-14(15)12-5-3-2-4-6-12/h2-6,9,14-15H,7-8,10,17H2,1H3,(H,18,19,20)/t14-,15+/m0/s1. The summed E-state index contributed by atoms with van der Waals surface area (Å²) in [4.78, 5) is 8.86. The Hall–Kier alpha value is -1.94. The summed E-state index contributed by atoms with van der Waals surface area (Å²) in [6.45, 7) is 2.54. The van der Waals surface area contributed by atoms with Gasteiger partial charge < -0.3 is 11.1 Å². The first-order valence-corrected chi connectivity index (χ1v) is 7.12. The lowest BCUT2D eigenvalue weighted by Gasteiger charge is -2.08. The molecule has 0 unspecified atom stereocenters.